The van der Waals surface area contributed by atoms with E-state index in [-0.39, 0.29) is 27.5 Å². The SMILES string of the molecule is CC(C)OCCCNC(=O)c1ccc(Cl)c(S(=O)(=O)N2CCCC2)c1. The van der Waals surface area contributed by atoms with E-state index in [4.69, 9.17) is 16.3 Å². The molecule has 0 unspecified atom stereocenters. The number of halogens is 1. The maximum absolute atomic E-state index is 12.7. The van der Waals surface area contributed by atoms with Gasteiger partial charge in [-0.25, -0.2) is 8.42 Å². The van der Waals surface area contributed by atoms with Crippen molar-refractivity contribution in [3.05, 3.63) is 28.8 Å². The molecule has 1 aliphatic heterocycles. The van der Waals surface area contributed by atoms with Crippen LogP contribution in [0.5, 0.6) is 0 Å². The average molecular weight is 389 g/mol. The molecule has 0 atom stereocenters. The molecule has 0 spiro atoms. The van der Waals surface area contributed by atoms with Crippen molar-refractivity contribution in [1.29, 1.82) is 0 Å². The van der Waals surface area contributed by atoms with E-state index in [0.29, 0.717) is 32.7 Å². The number of carbonyl (C=O) groups excluding carboxylic acids is 1. The van der Waals surface area contributed by atoms with E-state index in [0.717, 1.165) is 12.8 Å². The molecule has 8 heteroatoms. The summed E-state index contributed by atoms with van der Waals surface area (Å²) in [6, 6.07) is 4.35. The summed E-state index contributed by atoms with van der Waals surface area (Å²) in [5, 5.41) is 2.90. The predicted octanol–water partition coefficient (Wildman–Crippen LogP) is 2.67. The van der Waals surface area contributed by atoms with Gasteiger partial charge in [-0.15, -0.1) is 0 Å². The number of amides is 1. The lowest BCUT2D eigenvalue weighted by atomic mass is 10.2. The summed E-state index contributed by atoms with van der Waals surface area (Å²) in [4.78, 5) is 12.2. The molecule has 0 radical (unpaired) electrons. The molecule has 1 heterocycles. The fourth-order valence-corrected chi connectivity index (χ4v) is 4.62. The third-order valence-electron chi connectivity index (χ3n) is 3.93. The van der Waals surface area contributed by atoms with E-state index < -0.39 is 10.0 Å². The second-order valence-electron chi connectivity index (χ2n) is 6.29. The molecule has 1 aromatic rings. The second kappa shape index (κ2) is 8.98. The van der Waals surface area contributed by atoms with Crippen LogP contribution in [0, 0.1) is 0 Å². The molecule has 1 N–H and O–H groups in total. The van der Waals surface area contributed by atoms with E-state index in [1.165, 1.54) is 22.5 Å². The highest BCUT2D eigenvalue weighted by Gasteiger charge is 2.29. The van der Waals surface area contributed by atoms with Gasteiger partial charge in [0, 0.05) is 31.8 Å². The van der Waals surface area contributed by atoms with Crippen LogP contribution >= 0.6 is 11.6 Å². The van der Waals surface area contributed by atoms with Crippen molar-refractivity contribution in [1.82, 2.24) is 9.62 Å². The van der Waals surface area contributed by atoms with Gasteiger partial charge < -0.3 is 10.1 Å². The van der Waals surface area contributed by atoms with Crippen LogP contribution in [-0.4, -0.2) is 51.0 Å². The summed E-state index contributed by atoms with van der Waals surface area (Å²) in [6.07, 6.45) is 2.53. The Kier molecular flexibility index (Phi) is 7.25. The third kappa shape index (κ3) is 5.41. The molecule has 1 fully saturated rings. The summed E-state index contributed by atoms with van der Waals surface area (Å²) in [6.45, 7) is 5.91. The van der Waals surface area contributed by atoms with Crippen molar-refractivity contribution >= 4 is 27.5 Å². The fraction of sp³-hybridized carbons (Fsp3) is 0.588. The zero-order chi connectivity index (χ0) is 18.4. The van der Waals surface area contributed by atoms with Crippen LogP contribution in [0.4, 0.5) is 0 Å². The number of carbonyl (C=O) groups is 1. The lowest BCUT2D eigenvalue weighted by Crippen LogP contribution is -2.29. The summed E-state index contributed by atoms with van der Waals surface area (Å²) in [5.74, 6) is -0.320. The van der Waals surface area contributed by atoms with Crippen LogP contribution in [0.3, 0.4) is 0 Å². The molecule has 0 aliphatic carbocycles. The monoisotopic (exact) mass is 388 g/mol. The molecule has 25 heavy (non-hydrogen) atoms. The smallest absolute Gasteiger partial charge is 0.251 e. The topological polar surface area (TPSA) is 75.7 Å². The number of nitrogens with zero attached hydrogens (tertiary/aromatic N) is 1. The van der Waals surface area contributed by atoms with Gasteiger partial charge in [0.25, 0.3) is 5.91 Å². The van der Waals surface area contributed by atoms with Crippen molar-refractivity contribution in [2.45, 2.75) is 44.1 Å². The summed E-state index contributed by atoms with van der Waals surface area (Å²) in [5.41, 5.74) is 0.284. The second-order valence-corrected chi connectivity index (χ2v) is 8.60. The standard InChI is InChI=1S/C17H25ClN2O4S/c1-13(2)24-11-5-8-19-17(21)14-6-7-15(18)16(12-14)25(22,23)20-9-3-4-10-20/h6-7,12-13H,3-5,8-11H2,1-2H3,(H,19,21). The molecule has 1 aliphatic rings. The highest BCUT2D eigenvalue weighted by Crippen LogP contribution is 2.28. The molecule has 1 saturated heterocycles. The molecule has 1 aromatic carbocycles. The number of ether oxygens (including phenoxy) is 1. The van der Waals surface area contributed by atoms with E-state index in [1.54, 1.807) is 0 Å². The zero-order valence-corrected chi connectivity index (χ0v) is 16.2. The number of sulfonamides is 1. The first-order chi connectivity index (χ1) is 11.8. The van der Waals surface area contributed by atoms with Crippen molar-refractivity contribution < 1.29 is 17.9 Å². The Morgan fingerprint density at radius 2 is 2.00 bits per heavy atom. The molecular formula is C17H25ClN2O4S. The Hall–Kier alpha value is -1.15. The zero-order valence-electron chi connectivity index (χ0n) is 14.6. The van der Waals surface area contributed by atoms with Crippen LogP contribution in [0.1, 0.15) is 43.5 Å². The highest BCUT2D eigenvalue weighted by atomic mass is 35.5. The number of rotatable bonds is 8. The van der Waals surface area contributed by atoms with Crippen LogP contribution in [0.15, 0.2) is 23.1 Å². The summed E-state index contributed by atoms with van der Waals surface area (Å²) in [7, 11) is -3.66. The Balaban J connectivity index is 2.04. The van der Waals surface area contributed by atoms with Crippen molar-refractivity contribution in [3.8, 4) is 0 Å². The minimum atomic E-state index is -3.66. The Morgan fingerprint density at radius 1 is 1.32 bits per heavy atom. The molecular weight excluding hydrogens is 364 g/mol. The number of hydrogen-bond donors (Lipinski definition) is 1. The van der Waals surface area contributed by atoms with Gasteiger partial charge in [0.2, 0.25) is 10.0 Å². The van der Waals surface area contributed by atoms with Gasteiger partial charge in [0.1, 0.15) is 4.90 Å². The lowest BCUT2D eigenvalue weighted by Gasteiger charge is -2.17. The van der Waals surface area contributed by atoms with E-state index in [1.807, 2.05) is 13.8 Å². The van der Waals surface area contributed by atoms with Crippen LogP contribution in [0.2, 0.25) is 5.02 Å². The van der Waals surface area contributed by atoms with Gasteiger partial charge in [0.15, 0.2) is 0 Å². The number of benzene rings is 1. The van der Waals surface area contributed by atoms with Gasteiger partial charge in [0.05, 0.1) is 11.1 Å². The third-order valence-corrected chi connectivity index (χ3v) is 6.31. The first-order valence-electron chi connectivity index (χ1n) is 8.52. The molecule has 0 saturated carbocycles. The normalized spacial score (nSPS) is 15.7. The van der Waals surface area contributed by atoms with Crippen molar-refractivity contribution in [2.75, 3.05) is 26.2 Å². The quantitative estimate of drug-likeness (QED) is 0.694. The van der Waals surface area contributed by atoms with Gasteiger partial charge in [-0.2, -0.15) is 4.31 Å². The molecule has 140 valence electrons. The number of nitrogens with one attached hydrogen (secondary N) is 1. The predicted molar refractivity (Wildman–Crippen MR) is 97.5 cm³/mol. The van der Waals surface area contributed by atoms with E-state index in [2.05, 4.69) is 5.32 Å². The van der Waals surface area contributed by atoms with Gasteiger partial charge in [-0.3, -0.25) is 4.79 Å². The Labute approximate surface area is 154 Å². The molecule has 0 aromatic heterocycles. The maximum Gasteiger partial charge on any atom is 0.251 e. The fourth-order valence-electron chi connectivity index (χ4n) is 2.61. The van der Waals surface area contributed by atoms with Gasteiger partial charge in [-0.05, 0) is 51.3 Å². The Morgan fingerprint density at radius 3 is 2.64 bits per heavy atom. The van der Waals surface area contributed by atoms with Crippen molar-refractivity contribution in [3.63, 3.8) is 0 Å². The Bertz CT molecular complexity index is 701. The van der Waals surface area contributed by atoms with E-state index in [9.17, 15) is 13.2 Å². The summed E-state index contributed by atoms with van der Waals surface area (Å²) >= 11 is 6.08. The molecule has 2 rings (SSSR count). The minimum absolute atomic E-state index is 0.00754. The van der Waals surface area contributed by atoms with Gasteiger partial charge in [-0.1, -0.05) is 11.6 Å². The minimum Gasteiger partial charge on any atom is -0.379 e. The van der Waals surface area contributed by atoms with Crippen LogP contribution < -0.4 is 5.32 Å². The first-order valence-corrected chi connectivity index (χ1v) is 10.3. The number of hydrogen-bond acceptors (Lipinski definition) is 4. The summed E-state index contributed by atoms with van der Waals surface area (Å²) < 4.78 is 32.2. The average Bonchev–Trinajstić information content (AvgIpc) is 3.09. The first kappa shape index (κ1) is 20.2. The molecule has 0 bridgehead atoms. The van der Waals surface area contributed by atoms with Crippen LogP contribution in [0.25, 0.3) is 0 Å². The largest absolute Gasteiger partial charge is 0.379 e. The van der Waals surface area contributed by atoms with Gasteiger partial charge >= 0.3 is 0 Å². The van der Waals surface area contributed by atoms with Crippen molar-refractivity contribution in [2.24, 2.45) is 0 Å². The molecule has 1 amide bonds. The molecule has 6 nitrogen and oxygen atoms in total. The highest BCUT2D eigenvalue weighted by molar-refractivity contribution is 7.89. The van der Waals surface area contributed by atoms with E-state index >= 15 is 0 Å². The maximum atomic E-state index is 12.7. The lowest BCUT2D eigenvalue weighted by molar-refractivity contribution is 0.0757. The van der Waals surface area contributed by atoms with Crippen LogP contribution in [-0.2, 0) is 14.8 Å².